The highest BCUT2D eigenvalue weighted by Gasteiger charge is 2.28. The fourth-order valence-electron chi connectivity index (χ4n) is 5.08. The van der Waals surface area contributed by atoms with E-state index in [4.69, 9.17) is 13.8 Å². The molecule has 0 spiro atoms. The van der Waals surface area contributed by atoms with Crippen molar-refractivity contribution in [2.75, 3.05) is 19.8 Å². The van der Waals surface area contributed by atoms with E-state index in [9.17, 15) is 34.1 Å². The molecule has 0 bridgehead atoms. The molecule has 0 rings (SSSR count). The molecule has 0 fully saturated rings. The minimum atomic E-state index is -4.76. The zero-order chi connectivity index (χ0) is 40.7. The van der Waals surface area contributed by atoms with Crippen molar-refractivity contribution in [1.82, 2.24) is 5.32 Å². The minimum absolute atomic E-state index is 0.112. The van der Waals surface area contributed by atoms with Gasteiger partial charge in [-0.05, 0) is 64.2 Å². The third-order valence-corrected chi connectivity index (χ3v) is 9.21. The van der Waals surface area contributed by atoms with Crippen LogP contribution in [0.1, 0.15) is 149 Å². The molecule has 0 heterocycles. The van der Waals surface area contributed by atoms with E-state index in [0.29, 0.717) is 12.8 Å². The third kappa shape index (κ3) is 37.6. The van der Waals surface area contributed by atoms with Gasteiger partial charge in [-0.2, -0.15) is 0 Å². The summed E-state index contributed by atoms with van der Waals surface area (Å²) in [5.41, 5.74) is 0. The number of unbranched alkanes of at least 4 members (excludes halogenated alkanes) is 11. The number of allylic oxidation sites excluding steroid dienone is 12. The monoisotopic (exact) mass is 793 g/mol. The summed E-state index contributed by atoms with van der Waals surface area (Å²) in [4.78, 5) is 45.7. The number of aliphatic hydroxyl groups excluding tert-OH is 1. The number of carbonyl (C=O) groups excluding carboxylic acids is 2. The summed E-state index contributed by atoms with van der Waals surface area (Å²) < 4.78 is 26.7. The summed E-state index contributed by atoms with van der Waals surface area (Å²) in [7, 11) is -4.76. The van der Waals surface area contributed by atoms with Gasteiger partial charge in [0.1, 0.15) is 12.7 Å². The van der Waals surface area contributed by atoms with Gasteiger partial charge in [-0.25, -0.2) is 9.36 Å². The van der Waals surface area contributed by atoms with Gasteiger partial charge in [0.25, 0.3) is 0 Å². The molecule has 4 N–H and O–H groups in total. The molecule has 55 heavy (non-hydrogen) atoms. The first-order valence-electron chi connectivity index (χ1n) is 20.5. The Morgan fingerprint density at radius 1 is 0.600 bits per heavy atom. The summed E-state index contributed by atoms with van der Waals surface area (Å²) in [6, 6.07) is -1.56. The molecular weight excluding hydrogens is 721 g/mol. The minimum Gasteiger partial charge on any atom is -0.480 e. The number of esters is 1. The van der Waals surface area contributed by atoms with Gasteiger partial charge in [0.15, 0.2) is 6.04 Å². The van der Waals surface area contributed by atoms with Gasteiger partial charge in [-0.3, -0.25) is 18.6 Å². The molecule has 0 aliphatic rings. The lowest BCUT2D eigenvalue weighted by Gasteiger charge is -2.18. The molecule has 11 nitrogen and oxygen atoms in total. The predicted molar refractivity (Wildman–Crippen MR) is 221 cm³/mol. The number of amides is 1. The highest BCUT2D eigenvalue weighted by atomic mass is 31.2. The zero-order valence-electron chi connectivity index (χ0n) is 33.7. The summed E-state index contributed by atoms with van der Waals surface area (Å²) in [5.74, 6) is -2.42. The fourth-order valence-corrected chi connectivity index (χ4v) is 5.85. The molecule has 0 aromatic heterocycles. The number of phosphoric acid groups is 1. The third-order valence-electron chi connectivity index (χ3n) is 8.26. The summed E-state index contributed by atoms with van der Waals surface area (Å²) in [6.07, 6.45) is 43.8. The Balaban J connectivity index is 4.00. The lowest BCUT2D eigenvalue weighted by Crippen LogP contribution is -2.43. The molecule has 3 unspecified atom stereocenters. The van der Waals surface area contributed by atoms with Crippen LogP contribution < -0.4 is 5.32 Å². The molecule has 0 radical (unpaired) electrons. The van der Waals surface area contributed by atoms with E-state index in [1.807, 2.05) is 0 Å². The first-order valence-corrected chi connectivity index (χ1v) is 22.0. The number of phosphoric ester groups is 1. The second-order valence-electron chi connectivity index (χ2n) is 13.4. The van der Waals surface area contributed by atoms with Crippen LogP contribution in [-0.2, 0) is 32.7 Å². The first kappa shape index (κ1) is 51.9. The number of ether oxygens (including phenoxy) is 1. The Kier molecular flexibility index (Phi) is 35.7. The quantitative estimate of drug-likeness (QED) is 0.0206. The molecule has 0 aliphatic heterocycles. The molecular formula is C43H72NO10P. The number of nitrogens with one attached hydrogen (secondary N) is 1. The van der Waals surface area contributed by atoms with Gasteiger partial charge in [-0.1, -0.05) is 145 Å². The summed E-state index contributed by atoms with van der Waals surface area (Å²) in [5, 5.41) is 21.7. The Labute approximate surface area is 331 Å². The molecule has 0 aromatic carbocycles. The average molecular weight is 794 g/mol. The number of carboxylic acids is 1. The standard InChI is InChI=1S/C43H72NO10P/c1-3-5-7-9-11-13-14-15-16-17-18-19-20-21-22-23-24-25-26-27-28-30-32-34-41(46)44-40(43(48)49)38-54-55(50,51)53-37-39(45)36-52-42(47)35-33-31-29-12-10-8-6-4-2/h5,7,11,13,15-16,18-19,21-22,24-25,39-40,45H,3-4,6,8-10,12,14,17,20,23,26-38H2,1-2H3,(H,44,46)(H,48,49)(H,50,51)/b7-5-,13-11-,16-15-,19-18-,22-21-,25-24-. The van der Waals surface area contributed by atoms with Crippen LogP contribution >= 0.6 is 7.82 Å². The van der Waals surface area contributed by atoms with E-state index >= 15 is 0 Å². The molecule has 0 aliphatic carbocycles. The van der Waals surface area contributed by atoms with E-state index in [1.165, 1.54) is 25.7 Å². The van der Waals surface area contributed by atoms with Crippen LogP contribution in [0.25, 0.3) is 0 Å². The lowest BCUT2D eigenvalue weighted by atomic mass is 10.1. The van der Waals surface area contributed by atoms with Crippen LogP contribution in [0.15, 0.2) is 72.9 Å². The second kappa shape index (κ2) is 37.8. The average Bonchev–Trinajstić information content (AvgIpc) is 3.16. The highest BCUT2D eigenvalue weighted by molar-refractivity contribution is 7.47. The van der Waals surface area contributed by atoms with Crippen molar-refractivity contribution >= 4 is 25.7 Å². The molecule has 0 saturated heterocycles. The van der Waals surface area contributed by atoms with E-state index in [1.54, 1.807) is 0 Å². The number of aliphatic hydroxyl groups is 1. The topological polar surface area (TPSA) is 169 Å². The van der Waals surface area contributed by atoms with Crippen molar-refractivity contribution in [3.63, 3.8) is 0 Å². The van der Waals surface area contributed by atoms with Crippen molar-refractivity contribution in [3.05, 3.63) is 72.9 Å². The summed E-state index contributed by atoms with van der Waals surface area (Å²) >= 11 is 0. The largest absolute Gasteiger partial charge is 0.480 e. The fraction of sp³-hybridized carbons (Fsp3) is 0.651. The van der Waals surface area contributed by atoms with Crippen LogP contribution in [0, 0.1) is 0 Å². The van der Waals surface area contributed by atoms with E-state index < -0.39 is 57.6 Å². The lowest BCUT2D eigenvalue weighted by molar-refractivity contribution is -0.147. The smallest absolute Gasteiger partial charge is 0.472 e. The van der Waals surface area contributed by atoms with Crippen LogP contribution in [0.2, 0.25) is 0 Å². The van der Waals surface area contributed by atoms with Crippen LogP contribution in [-0.4, -0.2) is 64.9 Å². The first-order chi connectivity index (χ1) is 26.6. The van der Waals surface area contributed by atoms with Crippen LogP contribution in [0.3, 0.4) is 0 Å². The van der Waals surface area contributed by atoms with Crippen molar-refractivity contribution in [3.8, 4) is 0 Å². The Bertz CT molecular complexity index is 1210. The van der Waals surface area contributed by atoms with E-state index in [2.05, 4.69) is 92.1 Å². The molecule has 1 amide bonds. The van der Waals surface area contributed by atoms with E-state index in [0.717, 1.165) is 83.5 Å². The maximum Gasteiger partial charge on any atom is 0.472 e. The molecule has 314 valence electrons. The maximum absolute atomic E-state index is 12.3. The number of rotatable bonds is 37. The number of hydrogen-bond acceptors (Lipinski definition) is 8. The number of hydrogen-bond donors (Lipinski definition) is 4. The van der Waals surface area contributed by atoms with Gasteiger partial charge >= 0.3 is 19.8 Å². The van der Waals surface area contributed by atoms with Gasteiger partial charge in [0.05, 0.1) is 13.2 Å². The van der Waals surface area contributed by atoms with Gasteiger partial charge < -0.3 is 25.2 Å². The molecule has 12 heteroatoms. The van der Waals surface area contributed by atoms with Crippen molar-refractivity contribution in [2.45, 2.75) is 161 Å². The summed E-state index contributed by atoms with van der Waals surface area (Å²) in [6.45, 7) is 2.39. The highest BCUT2D eigenvalue weighted by Crippen LogP contribution is 2.43. The van der Waals surface area contributed by atoms with Crippen molar-refractivity contribution in [1.29, 1.82) is 0 Å². The number of carbonyl (C=O) groups is 3. The Morgan fingerprint density at radius 3 is 1.58 bits per heavy atom. The SMILES string of the molecule is CC/C=C\C/C=C\C/C=C\C/C=C\C/C=C\C/C=C\CCCCCCC(=O)NC(COP(=O)(O)OCC(O)COC(=O)CCCCCCCCCC)C(=O)O. The normalized spacial score (nSPS) is 14.5. The molecule has 0 aromatic rings. The predicted octanol–water partition coefficient (Wildman–Crippen LogP) is 10.2. The number of carboxylic acid groups (broad SMARTS) is 1. The molecule has 0 saturated carbocycles. The van der Waals surface area contributed by atoms with Gasteiger partial charge in [0.2, 0.25) is 5.91 Å². The second-order valence-corrected chi connectivity index (χ2v) is 14.9. The number of aliphatic carboxylic acids is 1. The zero-order valence-corrected chi connectivity index (χ0v) is 34.6. The van der Waals surface area contributed by atoms with Crippen LogP contribution in [0.5, 0.6) is 0 Å². The Hall–Kier alpha value is -3.08. The van der Waals surface area contributed by atoms with Gasteiger partial charge in [-0.15, -0.1) is 0 Å². The van der Waals surface area contributed by atoms with Crippen molar-refractivity contribution < 1.29 is 47.8 Å². The van der Waals surface area contributed by atoms with Crippen LogP contribution in [0.4, 0.5) is 0 Å². The van der Waals surface area contributed by atoms with Gasteiger partial charge in [0, 0.05) is 12.8 Å². The van der Waals surface area contributed by atoms with Crippen molar-refractivity contribution in [2.24, 2.45) is 0 Å². The van der Waals surface area contributed by atoms with E-state index in [-0.39, 0.29) is 12.8 Å². The Morgan fingerprint density at radius 2 is 1.05 bits per heavy atom. The maximum atomic E-state index is 12.3. The molecule has 3 atom stereocenters.